The van der Waals surface area contributed by atoms with Crippen LogP contribution in [-0.2, 0) is 3.07 Å². The summed E-state index contributed by atoms with van der Waals surface area (Å²) in [7, 11) is 0. The van der Waals surface area contributed by atoms with Gasteiger partial charge in [-0.3, -0.25) is 0 Å². The molecule has 0 aromatic rings. The Morgan fingerprint density at radius 3 is 1.28 bits per heavy atom. The summed E-state index contributed by atoms with van der Waals surface area (Å²) in [6.45, 7) is 7.97. The molecule has 0 aliphatic carbocycles. The predicted molar refractivity (Wildman–Crippen MR) is 118 cm³/mol. The molecule has 0 aliphatic rings. The first kappa shape index (κ1) is 25.8. The van der Waals surface area contributed by atoms with E-state index in [1.54, 1.807) is 0 Å². The van der Waals surface area contributed by atoms with Gasteiger partial charge in [0, 0.05) is 0 Å². The molecule has 0 fully saturated rings. The van der Waals surface area contributed by atoms with Crippen molar-refractivity contribution in [2.75, 3.05) is 6.61 Å². The Hall–Kier alpha value is 0.759. The molecule has 0 N–H and O–H groups in total. The van der Waals surface area contributed by atoms with Crippen LogP contribution in [0.3, 0.4) is 0 Å². The van der Waals surface area contributed by atoms with Gasteiger partial charge in [0.2, 0.25) is 0 Å². The van der Waals surface area contributed by atoms with Crippen molar-refractivity contribution >= 4 is 18.8 Å². The molecule has 0 aromatic carbocycles. The van der Waals surface area contributed by atoms with Crippen LogP contribution in [0.2, 0.25) is 13.8 Å². The van der Waals surface area contributed by atoms with Gasteiger partial charge in [0.15, 0.2) is 0 Å². The molecule has 0 aromatic heterocycles. The molecule has 0 amide bonds. The molecule has 0 saturated carbocycles. The van der Waals surface area contributed by atoms with Crippen molar-refractivity contribution in [2.24, 2.45) is 0 Å². The van der Waals surface area contributed by atoms with E-state index < -0.39 is 18.8 Å². The monoisotopic (exact) mass is 462 g/mol. The first-order valence-electron chi connectivity index (χ1n) is 11.8. The van der Waals surface area contributed by atoms with Gasteiger partial charge in [-0.15, -0.1) is 0 Å². The van der Waals surface area contributed by atoms with E-state index in [0.717, 1.165) is 6.61 Å². The minimum atomic E-state index is -2.26. The fourth-order valence-corrected chi connectivity index (χ4v) is 12.7. The summed E-state index contributed by atoms with van der Waals surface area (Å²) in [5, 5.41) is 0. The van der Waals surface area contributed by atoms with Crippen LogP contribution < -0.4 is 0 Å². The number of hydrogen-bond donors (Lipinski definition) is 0. The standard InChI is InChI=1S/2C8H17.C6H13O.CH3.Sn/c2*1-3-5-7-8-6-4-2;1-2-3-4-5-6-7;;/h2*1,3-8H2,2H3;2-6H2,1H3;1H3;/q;;-1;;+1. The van der Waals surface area contributed by atoms with Gasteiger partial charge in [0.25, 0.3) is 0 Å². The Bertz CT molecular complexity index is 238. The average Bonchev–Trinajstić information content (AvgIpc) is 2.61. The molecule has 0 rings (SSSR count). The first-order valence-corrected chi connectivity index (χ1v) is 19.9. The van der Waals surface area contributed by atoms with E-state index in [2.05, 4.69) is 25.7 Å². The van der Waals surface area contributed by atoms with E-state index in [-0.39, 0.29) is 0 Å². The fourth-order valence-electron chi connectivity index (χ4n) is 3.68. The van der Waals surface area contributed by atoms with Crippen molar-refractivity contribution in [1.82, 2.24) is 0 Å². The molecule has 25 heavy (non-hydrogen) atoms. The molecule has 0 radical (unpaired) electrons. The molecule has 0 unspecified atom stereocenters. The van der Waals surface area contributed by atoms with Crippen LogP contribution >= 0.6 is 0 Å². The van der Waals surface area contributed by atoms with Crippen molar-refractivity contribution in [3.8, 4) is 0 Å². The van der Waals surface area contributed by atoms with Gasteiger partial charge in [-0.25, -0.2) is 0 Å². The van der Waals surface area contributed by atoms with Crippen LogP contribution in [-0.4, -0.2) is 25.4 Å². The average molecular weight is 461 g/mol. The van der Waals surface area contributed by atoms with Crippen molar-refractivity contribution in [3.63, 3.8) is 0 Å². The fraction of sp³-hybridized carbons (Fsp3) is 1.00. The number of hydrogen-bond acceptors (Lipinski definition) is 1. The molecule has 0 heterocycles. The van der Waals surface area contributed by atoms with Gasteiger partial charge < -0.3 is 0 Å². The van der Waals surface area contributed by atoms with Crippen LogP contribution in [0.4, 0.5) is 0 Å². The van der Waals surface area contributed by atoms with Gasteiger partial charge in [-0.1, -0.05) is 0 Å². The maximum absolute atomic E-state index is 6.64. The Morgan fingerprint density at radius 2 is 0.840 bits per heavy atom. The second kappa shape index (κ2) is 19.5. The van der Waals surface area contributed by atoms with Crippen LogP contribution in [0.25, 0.3) is 0 Å². The van der Waals surface area contributed by atoms with Crippen LogP contribution in [0, 0.1) is 0 Å². The minimum absolute atomic E-state index is 1.07. The van der Waals surface area contributed by atoms with Crippen LogP contribution in [0.1, 0.15) is 124 Å². The number of rotatable bonds is 20. The molecule has 2 heteroatoms. The Balaban J connectivity index is 4.01. The SMILES string of the molecule is CCCCCCC[CH2][Sn]([CH3])([CH2]CCCCCCC)[O]CCCCCC. The summed E-state index contributed by atoms with van der Waals surface area (Å²) in [4.78, 5) is 2.60. The molecule has 1 nitrogen and oxygen atoms in total. The number of unbranched alkanes of at least 4 members (excludes halogenated alkanes) is 13. The molecule has 0 atom stereocenters. The van der Waals surface area contributed by atoms with Crippen molar-refractivity contribution in [3.05, 3.63) is 0 Å². The summed E-state index contributed by atoms with van der Waals surface area (Å²) >= 11 is -2.26. The molecule has 152 valence electrons. The van der Waals surface area contributed by atoms with Gasteiger partial charge in [0.05, 0.1) is 0 Å². The summed E-state index contributed by atoms with van der Waals surface area (Å²) < 4.78 is 9.59. The summed E-state index contributed by atoms with van der Waals surface area (Å²) in [5.41, 5.74) is 0. The van der Waals surface area contributed by atoms with Crippen molar-refractivity contribution in [1.29, 1.82) is 0 Å². The first-order chi connectivity index (χ1) is 12.2. The molecule has 0 bridgehead atoms. The van der Waals surface area contributed by atoms with E-state index >= 15 is 0 Å². The predicted octanol–water partition coefficient (Wildman–Crippen LogP) is 8.88. The van der Waals surface area contributed by atoms with Gasteiger partial charge in [0.1, 0.15) is 0 Å². The van der Waals surface area contributed by atoms with E-state index in [4.69, 9.17) is 3.07 Å². The van der Waals surface area contributed by atoms with E-state index in [0.29, 0.717) is 0 Å². The second-order valence-corrected chi connectivity index (χ2v) is 20.3. The summed E-state index contributed by atoms with van der Waals surface area (Å²) in [5.74, 6) is 0. The van der Waals surface area contributed by atoms with Gasteiger partial charge in [-0.05, 0) is 0 Å². The Morgan fingerprint density at radius 1 is 0.480 bits per heavy atom. The quantitative estimate of drug-likeness (QED) is 0.130. The van der Waals surface area contributed by atoms with E-state index in [9.17, 15) is 0 Å². The van der Waals surface area contributed by atoms with Gasteiger partial charge in [-0.2, -0.15) is 0 Å². The molecular formula is C23H50OSn. The topological polar surface area (TPSA) is 9.23 Å². The Kier molecular flexibility index (Phi) is 20.1. The van der Waals surface area contributed by atoms with Crippen LogP contribution in [0.5, 0.6) is 0 Å². The summed E-state index contributed by atoms with van der Waals surface area (Å²) in [6, 6.07) is 0. The van der Waals surface area contributed by atoms with Crippen molar-refractivity contribution < 1.29 is 3.07 Å². The summed E-state index contributed by atoms with van der Waals surface area (Å²) in [6.07, 6.45) is 22.5. The zero-order valence-electron chi connectivity index (χ0n) is 18.3. The third kappa shape index (κ3) is 17.9. The molecule has 0 aliphatic heterocycles. The zero-order valence-corrected chi connectivity index (χ0v) is 21.2. The molecular weight excluding hydrogens is 411 g/mol. The van der Waals surface area contributed by atoms with Crippen molar-refractivity contribution in [2.45, 2.75) is 137 Å². The molecule has 0 saturated heterocycles. The third-order valence-corrected chi connectivity index (χ3v) is 16.2. The second-order valence-electron chi connectivity index (χ2n) is 8.39. The molecule has 0 spiro atoms. The Labute approximate surface area is 165 Å². The van der Waals surface area contributed by atoms with Crippen LogP contribution in [0.15, 0.2) is 0 Å². The third-order valence-electron chi connectivity index (χ3n) is 5.57. The van der Waals surface area contributed by atoms with E-state index in [1.165, 1.54) is 112 Å². The normalized spacial score (nSPS) is 12.0. The zero-order chi connectivity index (χ0) is 18.6. The van der Waals surface area contributed by atoms with Gasteiger partial charge >= 0.3 is 166 Å². The maximum atomic E-state index is 6.64. The van der Waals surface area contributed by atoms with E-state index in [1.807, 2.05) is 0 Å².